The molecular weight excluding hydrogens is 420 g/mol. The molecular formula is C21H20N4O5S. The third-order valence-corrected chi connectivity index (χ3v) is 4.76. The second kappa shape index (κ2) is 10.0. The number of nitrogens with zero attached hydrogens (tertiary/aromatic N) is 4. The molecule has 0 atom stereocenters. The number of aliphatic hydroxyl groups is 1. The third-order valence-electron chi connectivity index (χ3n) is 4.09. The van der Waals surface area contributed by atoms with Crippen LogP contribution in [0.2, 0.25) is 0 Å². The number of aliphatic hydroxyl groups excluding tert-OH is 1. The average molecular weight is 440 g/mol. The minimum absolute atomic E-state index is 0.0457. The van der Waals surface area contributed by atoms with Crippen LogP contribution in [0, 0.1) is 6.92 Å². The Morgan fingerprint density at radius 2 is 1.97 bits per heavy atom. The van der Waals surface area contributed by atoms with E-state index < -0.39 is 6.09 Å². The molecule has 0 saturated heterocycles. The van der Waals surface area contributed by atoms with Gasteiger partial charge in [0.25, 0.3) is 0 Å². The van der Waals surface area contributed by atoms with Crippen LogP contribution in [0.25, 0.3) is 11.4 Å². The molecule has 0 saturated carbocycles. The maximum Gasteiger partial charge on any atom is 0.434 e. The number of aromatic nitrogens is 2. The molecule has 2 aromatic carbocycles. The smallest absolute Gasteiger partial charge is 0.434 e. The molecule has 0 fully saturated rings. The largest absolute Gasteiger partial charge is 0.508 e. The SMILES string of the molecule is COC(=O)/N=C(SC)/C(=N/c1ccc(-c2noc(C)n2)cc1)c1cc(O)cc(CO)c1. The highest BCUT2D eigenvalue weighted by Gasteiger charge is 2.16. The quantitative estimate of drug-likeness (QED) is 0.451. The number of phenols is 1. The Balaban J connectivity index is 2.09. The number of methoxy groups -OCH3 is 1. The van der Waals surface area contributed by atoms with Gasteiger partial charge in [-0.15, -0.1) is 11.8 Å². The standard InChI is InChI=1S/C21H20N4O5S/c1-12-22-19(25-30-12)14-4-6-16(7-5-14)23-18(20(31-3)24-21(28)29-2)15-8-13(11-26)9-17(27)10-15/h4-10,26-27H,11H2,1-3H3/b23-18+,24-20-. The van der Waals surface area contributed by atoms with E-state index in [0.717, 1.165) is 5.56 Å². The van der Waals surface area contributed by atoms with Crippen LogP contribution in [0.5, 0.6) is 5.75 Å². The van der Waals surface area contributed by atoms with Crippen LogP contribution in [0.15, 0.2) is 57.0 Å². The molecule has 0 unspecified atom stereocenters. The van der Waals surface area contributed by atoms with Gasteiger partial charge in [0.2, 0.25) is 11.7 Å². The van der Waals surface area contributed by atoms with Crippen LogP contribution < -0.4 is 0 Å². The molecule has 160 valence electrons. The lowest BCUT2D eigenvalue weighted by atomic mass is 10.1. The summed E-state index contributed by atoms with van der Waals surface area (Å²) in [6.07, 6.45) is 0.969. The number of rotatable bonds is 5. The highest BCUT2D eigenvalue weighted by Crippen LogP contribution is 2.24. The lowest BCUT2D eigenvalue weighted by molar-refractivity contribution is 0.183. The van der Waals surface area contributed by atoms with Gasteiger partial charge in [-0.3, -0.25) is 0 Å². The van der Waals surface area contributed by atoms with Crippen molar-refractivity contribution in [3.05, 3.63) is 59.5 Å². The van der Waals surface area contributed by atoms with Crippen molar-refractivity contribution < 1.29 is 24.3 Å². The fraction of sp³-hybridized carbons (Fsp3) is 0.190. The van der Waals surface area contributed by atoms with E-state index in [9.17, 15) is 15.0 Å². The molecule has 1 amide bonds. The van der Waals surface area contributed by atoms with E-state index in [4.69, 9.17) is 4.52 Å². The van der Waals surface area contributed by atoms with Gasteiger partial charge in [0.05, 0.1) is 19.4 Å². The predicted octanol–water partition coefficient (Wildman–Crippen LogP) is 3.89. The molecule has 0 bridgehead atoms. The van der Waals surface area contributed by atoms with Crippen molar-refractivity contribution in [1.82, 2.24) is 10.1 Å². The van der Waals surface area contributed by atoms with E-state index in [2.05, 4.69) is 24.9 Å². The lowest BCUT2D eigenvalue weighted by Gasteiger charge is -2.11. The van der Waals surface area contributed by atoms with Crippen LogP contribution in [0.3, 0.4) is 0 Å². The maximum atomic E-state index is 11.8. The Bertz CT molecular complexity index is 1140. The van der Waals surface area contributed by atoms with Gasteiger partial charge in [-0.25, -0.2) is 9.79 Å². The minimum Gasteiger partial charge on any atom is -0.508 e. The number of aliphatic imine (C=N–C) groups is 2. The molecule has 0 aliphatic heterocycles. The van der Waals surface area contributed by atoms with Crippen LogP contribution in [0.4, 0.5) is 10.5 Å². The highest BCUT2D eigenvalue weighted by atomic mass is 32.2. The summed E-state index contributed by atoms with van der Waals surface area (Å²) in [6.45, 7) is 1.44. The first-order valence-electron chi connectivity index (χ1n) is 9.08. The molecule has 3 rings (SSSR count). The van der Waals surface area contributed by atoms with E-state index in [-0.39, 0.29) is 12.4 Å². The molecule has 3 aromatic rings. The van der Waals surface area contributed by atoms with E-state index in [0.29, 0.717) is 39.3 Å². The number of carbonyl (C=O) groups is 1. The van der Waals surface area contributed by atoms with Crippen LogP contribution in [0.1, 0.15) is 17.0 Å². The van der Waals surface area contributed by atoms with Crippen LogP contribution in [-0.2, 0) is 11.3 Å². The van der Waals surface area contributed by atoms with Crippen molar-refractivity contribution in [2.45, 2.75) is 13.5 Å². The summed E-state index contributed by atoms with van der Waals surface area (Å²) in [5.41, 5.74) is 2.64. The van der Waals surface area contributed by atoms with Crippen molar-refractivity contribution in [1.29, 1.82) is 0 Å². The first-order chi connectivity index (χ1) is 14.9. The summed E-state index contributed by atoms with van der Waals surface area (Å²) in [4.78, 5) is 24.6. The van der Waals surface area contributed by atoms with Crippen molar-refractivity contribution in [3.63, 3.8) is 0 Å². The Kier molecular flexibility index (Phi) is 7.16. The van der Waals surface area contributed by atoms with Gasteiger partial charge in [-0.05, 0) is 54.3 Å². The van der Waals surface area contributed by atoms with E-state index in [1.54, 1.807) is 43.5 Å². The molecule has 31 heavy (non-hydrogen) atoms. The second-order valence-electron chi connectivity index (χ2n) is 6.28. The second-order valence-corrected chi connectivity index (χ2v) is 7.08. The summed E-state index contributed by atoms with van der Waals surface area (Å²) in [5, 5.41) is 23.7. The molecule has 0 aliphatic rings. The van der Waals surface area contributed by atoms with E-state index in [1.165, 1.54) is 31.0 Å². The number of hydrogen-bond donors (Lipinski definition) is 2. The molecule has 0 aliphatic carbocycles. The number of carbonyl (C=O) groups excluding carboxylic acids is 1. The van der Waals surface area contributed by atoms with Gasteiger partial charge < -0.3 is 19.5 Å². The number of ether oxygens (including phenoxy) is 1. The Labute approximate surface area is 182 Å². The van der Waals surface area contributed by atoms with Gasteiger partial charge in [0.15, 0.2) is 0 Å². The molecule has 0 spiro atoms. The zero-order valence-electron chi connectivity index (χ0n) is 17.1. The van der Waals surface area contributed by atoms with Crippen LogP contribution >= 0.6 is 11.8 Å². The zero-order chi connectivity index (χ0) is 22.4. The molecule has 0 radical (unpaired) electrons. The molecule has 1 heterocycles. The molecule has 2 N–H and O–H groups in total. The Morgan fingerprint density at radius 1 is 1.23 bits per heavy atom. The first kappa shape index (κ1) is 22.2. The highest BCUT2D eigenvalue weighted by molar-refractivity contribution is 8.15. The number of aromatic hydroxyl groups is 1. The summed E-state index contributed by atoms with van der Waals surface area (Å²) < 4.78 is 9.65. The van der Waals surface area contributed by atoms with Crippen molar-refractivity contribution in [3.8, 4) is 17.1 Å². The van der Waals surface area contributed by atoms with Gasteiger partial charge in [0, 0.05) is 18.1 Å². The number of phenolic OH excluding ortho intramolecular Hbond substituents is 1. The number of thioether (sulfide) groups is 1. The lowest BCUT2D eigenvalue weighted by Crippen LogP contribution is -2.15. The zero-order valence-corrected chi connectivity index (χ0v) is 17.9. The van der Waals surface area contributed by atoms with Gasteiger partial charge >= 0.3 is 6.09 Å². The number of hydrogen-bond acceptors (Lipinski definition) is 9. The monoisotopic (exact) mass is 440 g/mol. The summed E-state index contributed by atoms with van der Waals surface area (Å²) in [5.74, 6) is 0.882. The van der Waals surface area contributed by atoms with Gasteiger partial charge in [0.1, 0.15) is 16.5 Å². The van der Waals surface area contributed by atoms with E-state index in [1.807, 2.05) is 0 Å². The van der Waals surface area contributed by atoms with Gasteiger partial charge in [-0.1, -0.05) is 5.16 Å². The topological polar surface area (TPSA) is 130 Å². The average Bonchev–Trinajstić information content (AvgIpc) is 3.22. The summed E-state index contributed by atoms with van der Waals surface area (Å²) in [7, 11) is 1.23. The van der Waals surface area contributed by atoms with Crippen molar-refractivity contribution in [2.75, 3.05) is 13.4 Å². The Morgan fingerprint density at radius 3 is 2.55 bits per heavy atom. The number of amides is 1. The summed E-state index contributed by atoms with van der Waals surface area (Å²) >= 11 is 1.20. The third kappa shape index (κ3) is 5.56. The van der Waals surface area contributed by atoms with Crippen LogP contribution in [-0.4, -0.2) is 50.6 Å². The number of benzene rings is 2. The number of aryl methyl sites for hydroxylation is 1. The molecule has 10 heteroatoms. The van der Waals surface area contributed by atoms with E-state index >= 15 is 0 Å². The minimum atomic E-state index is -0.776. The normalized spacial score (nSPS) is 12.1. The fourth-order valence-electron chi connectivity index (χ4n) is 2.69. The van der Waals surface area contributed by atoms with Crippen molar-refractivity contribution >= 4 is 34.3 Å². The predicted molar refractivity (Wildman–Crippen MR) is 118 cm³/mol. The fourth-order valence-corrected chi connectivity index (χ4v) is 3.21. The maximum absolute atomic E-state index is 11.8. The van der Waals surface area contributed by atoms with Gasteiger partial charge in [-0.2, -0.15) is 9.98 Å². The first-order valence-corrected chi connectivity index (χ1v) is 10.3. The Hall–Kier alpha value is -3.50. The summed E-state index contributed by atoms with van der Waals surface area (Å²) in [6, 6.07) is 11.7. The molecule has 1 aromatic heterocycles. The molecule has 9 nitrogen and oxygen atoms in total. The van der Waals surface area contributed by atoms with Crippen molar-refractivity contribution in [2.24, 2.45) is 9.98 Å².